The number of rotatable bonds is 3. The fraction of sp³-hybridized carbons (Fsp3) is 0.625. The number of fused-ring (bicyclic) bond motifs is 1. The van der Waals surface area contributed by atoms with Crippen LogP contribution in [0.4, 0.5) is 5.82 Å². The van der Waals surface area contributed by atoms with Crippen LogP contribution in [-0.4, -0.2) is 74.7 Å². The van der Waals surface area contributed by atoms with Crippen LogP contribution >= 0.6 is 11.8 Å². The molecule has 2 aromatic rings. The van der Waals surface area contributed by atoms with Crippen molar-refractivity contribution in [2.24, 2.45) is 16.6 Å². The topological polar surface area (TPSA) is 87.9 Å². The average molecular weight is 360 g/mol. The second-order valence-electron chi connectivity index (χ2n) is 6.57. The summed E-state index contributed by atoms with van der Waals surface area (Å²) in [6, 6.07) is 0. The van der Waals surface area contributed by atoms with Crippen LogP contribution in [0.2, 0.25) is 0 Å². The van der Waals surface area contributed by atoms with Gasteiger partial charge in [-0.25, -0.2) is 4.98 Å². The molecule has 4 rings (SSSR count). The van der Waals surface area contributed by atoms with Crippen molar-refractivity contribution in [2.75, 3.05) is 49.1 Å². The Morgan fingerprint density at radius 1 is 1.32 bits per heavy atom. The molecule has 9 heteroatoms. The molecule has 1 unspecified atom stereocenters. The minimum Gasteiger partial charge on any atom is -0.370 e. The Balaban J connectivity index is 1.42. The van der Waals surface area contributed by atoms with Crippen LogP contribution in [0.3, 0.4) is 0 Å². The fourth-order valence-corrected chi connectivity index (χ4v) is 4.39. The summed E-state index contributed by atoms with van der Waals surface area (Å²) in [6.07, 6.45) is 7.71. The van der Waals surface area contributed by atoms with Crippen molar-refractivity contribution in [1.82, 2.24) is 24.5 Å². The molecule has 2 saturated heterocycles. The maximum absolute atomic E-state index is 6.19. The van der Waals surface area contributed by atoms with Gasteiger partial charge in [-0.05, 0) is 18.8 Å². The molecular formula is C16H24N8S. The van der Waals surface area contributed by atoms with E-state index >= 15 is 0 Å². The summed E-state index contributed by atoms with van der Waals surface area (Å²) in [5.41, 5.74) is 7.01. The van der Waals surface area contributed by atoms with Gasteiger partial charge >= 0.3 is 0 Å². The summed E-state index contributed by atoms with van der Waals surface area (Å²) < 4.78 is 1.91. The number of hydrogen-bond donors (Lipinski definition) is 1. The first kappa shape index (κ1) is 16.4. The minimum absolute atomic E-state index is 0.497. The predicted octanol–water partition coefficient (Wildman–Crippen LogP) is 0.704. The SMILES string of the molecule is NC(=NCC1CCCN(c2nccn3cnnc23)C1)N1CCSCC1. The van der Waals surface area contributed by atoms with Gasteiger partial charge in [-0.2, -0.15) is 11.8 Å². The maximum atomic E-state index is 6.19. The number of nitrogens with two attached hydrogens (primary N) is 1. The van der Waals surface area contributed by atoms with Crippen molar-refractivity contribution in [3.63, 3.8) is 0 Å². The third kappa shape index (κ3) is 3.65. The molecule has 0 spiro atoms. The lowest BCUT2D eigenvalue weighted by Gasteiger charge is -2.33. The molecule has 0 radical (unpaired) electrons. The fourth-order valence-electron chi connectivity index (χ4n) is 3.49. The number of anilines is 1. The van der Waals surface area contributed by atoms with Gasteiger partial charge in [0.15, 0.2) is 11.8 Å². The summed E-state index contributed by atoms with van der Waals surface area (Å²) in [7, 11) is 0. The molecule has 8 nitrogen and oxygen atoms in total. The van der Waals surface area contributed by atoms with E-state index in [1.165, 1.54) is 6.42 Å². The molecule has 0 bridgehead atoms. The monoisotopic (exact) mass is 360 g/mol. The molecule has 2 aliphatic heterocycles. The molecule has 25 heavy (non-hydrogen) atoms. The van der Waals surface area contributed by atoms with Gasteiger partial charge in [0.05, 0.1) is 0 Å². The van der Waals surface area contributed by atoms with E-state index in [2.05, 4.69) is 30.0 Å². The third-order valence-corrected chi connectivity index (χ3v) is 5.80. The molecule has 4 heterocycles. The van der Waals surface area contributed by atoms with Crippen LogP contribution in [0.5, 0.6) is 0 Å². The van der Waals surface area contributed by atoms with Crippen molar-refractivity contribution in [1.29, 1.82) is 0 Å². The van der Waals surface area contributed by atoms with Crippen LogP contribution in [0.1, 0.15) is 12.8 Å². The van der Waals surface area contributed by atoms with Crippen molar-refractivity contribution in [3.8, 4) is 0 Å². The first-order chi connectivity index (χ1) is 12.3. The number of hydrogen-bond acceptors (Lipinski definition) is 6. The average Bonchev–Trinajstić information content (AvgIpc) is 3.16. The zero-order chi connectivity index (χ0) is 17.1. The maximum Gasteiger partial charge on any atom is 0.203 e. The standard InChI is InChI=1S/C16H24N8S/c17-16(22-6-8-25-9-7-22)19-10-13-2-1-4-23(11-13)14-15-21-20-12-24(15)5-3-18-14/h3,5,12-13H,1-2,4,6-11H2,(H2,17,19). The first-order valence-corrected chi connectivity index (χ1v) is 9.98. The Kier molecular flexibility index (Phi) is 4.91. The lowest BCUT2D eigenvalue weighted by Crippen LogP contribution is -2.43. The summed E-state index contributed by atoms with van der Waals surface area (Å²) in [5, 5.41) is 8.19. The molecule has 2 aromatic heterocycles. The van der Waals surface area contributed by atoms with Crippen LogP contribution in [0.15, 0.2) is 23.7 Å². The van der Waals surface area contributed by atoms with Gasteiger partial charge in [0.2, 0.25) is 5.65 Å². The summed E-state index contributed by atoms with van der Waals surface area (Å²) in [4.78, 5) is 13.7. The van der Waals surface area contributed by atoms with E-state index in [9.17, 15) is 0 Å². The Bertz CT molecular complexity index is 739. The summed E-state index contributed by atoms with van der Waals surface area (Å²) >= 11 is 1.98. The van der Waals surface area contributed by atoms with Crippen LogP contribution in [0, 0.1) is 5.92 Å². The highest BCUT2D eigenvalue weighted by Gasteiger charge is 2.23. The highest BCUT2D eigenvalue weighted by Crippen LogP contribution is 2.24. The van der Waals surface area contributed by atoms with Gasteiger partial charge in [0.1, 0.15) is 6.33 Å². The van der Waals surface area contributed by atoms with E-state index in [0.717, 1.165) is 62.1 Å². The molecule has 0 amide bonds. The van der Waals surface area contributed by atoms with E-state index in [1.807, 2.05) is 22.4 Å². The second-order valence-corrected chi connectivity index (χ2v) is 7.79. The highest BCUT2D eigenvalue weighted by atomic mass is 32.2. The van der Waals surface area contributed by atoms with Gasteiger partial charge in [0.25, 0.3) is 0 Å². The molecule has 2 N–H and O–H groups in total. The first-order valence-electron chi connectivity index (χ1n) is 8.83. The zero-order valence-corrected chi connectivity index (χ0v) is 15.1. The number of nitrogens with zero attached hydrogens (tertiary/aromatic N) is 7. The molecule has 134 valence electrons. The molecule has 2 aliphatic rings. The molecule has 0 aromatic carbocycles. The number of piperidine rings is 1. The van der Waals surface area contributed by atoms with Gasteiger partial charge in [0, 0.05) is 56.6 Å². The van der Waals surface area contributed by atoms with Crippen molar-refractivity contribution in [2.45, 2.75) is 12.8 Å². The van der Waals surface area contributed by atoms with Gasteiger partial charge in [-0.15, -0.1) is 10.2 Å². The Labute approximate surface area is 151 Å². The van der Waals surface area contributed by atoms with E-state index in [1.54, 1.807) is 12.5 Å². The van der Waals surface area contributed by atoms with Crippen molar-refractivity contribution in [3.05, 3.63) is 18.7 Å². The highest BCUT2D eigenvalue weighted by molar-refractivity contribution is 7.99. The van der Waals surface area contributed by atoms with Gasteiger partial charge < -0.3 is 15.5 Å². The molecule has 1 atom stereocenters. The lowest BCUT2D eigenvalue weighted by atomic mass is 9.98. The number of aromatic nitrogens is 4. The number of guanidine groups is 1. The van der Waals surface area contributed by atoms with E-state index in [4.69, 9.17) is 5.73 Å². The third-order valence-electron chi connectivity index (χ3n) is 4.86. The normalized spacial score (nSPS) is 22.6. The van der Waals surface area contributed by atoms with E-state index < -0.39 is 0 Å². The summed E-state index contributed by atoms with van der Waals surface area (Å²) in [6.45, 7) is 4.73. The quantitative estimate of drug-likeness (QED) is 0.637. The number of aliphatic imine (C=N–C) groups is 1. The predicted molar refractivity (Wildman–Crippen MR) is 101 cm³/mol. The molecule has 0 saturated carbocycles. The van der Waals surface area contributed by atoms with E-state index in [-0.39, 0.29) is 0 Å². The van der Waals surface area contributed by atoms with E-state index in [0.29, 0.717) is 11.9 Å². The van der Waals surface area contributed by atoms with Gasteiger partial charge in [-0.1, -0.05) is 0 Å². The number of thioether (sulfide) groups is 1. The minimum atomic E-state index is 0.497. The lowest BCUT2D eigenvalue weighted by molar-refractivity contribution is 0.414. The van der Waals surface area contributed by atoms with Crippen molar-refractivity contribution >= 4 is 29.2 Å². The van der Waals surface area contributed by atoms with Crippen molar-refractivity contribution < 1.29 is 0 Å². The zero-order valence-electron chi connectivity index (χ0n) is 14.3. The van der Waals surface area contributed by atoms with Crippen LogP contribution in [-0.2, 0) is 0 Å². The summed E-state index contributed by atoms with van der Waals surface area (Å²) in [5.74, 6) is 4.39. The van der Waals surface area contributed by atoms with Crippen LogP contribution in [0.25, 0.3) is 5.65 Å². The smallest absolute Gasteiger partial charge is 0.203 e. The Morgan fingerprint density at radius 3 is 3.08 bits per heavy atom. The van der Waals surface area contributed by atoms with Crippen LogP contribution < -0.4 is 10.6 Å². The molecule has 2 fully saturated rings. The Hall–Kier alpha value is -2.03. The molecule has 0 aliphatic carbocycles. The Morgan fingerprint density at radius 2 is 2.20 bits per heavy atom. The second kappa shape index (κ2) is 7.47. The largest absolute Gasteiger partial charge is 0.370 e. The van der Waals surface area contributed by atoms with Gasteiger partial charge in [-0.3, -0.25) is 9.39 Å². The molecular weight excluding hydrogens is 336 g/mol.